The van der Waals surface area contributed by atoms with Gasteiger partial charge in [0.2, 0.25) is 0 Å². The Hall–Kier alpha value is -0.810. The van der Waals surface area contributed by atoms with E-state index in [0.29, 0.717) is 16.5 Å². The highest BCUT2D eigenvalue weighted by molar-refractivity contribution is 9.10. The number of methoxy groups -OCH3 is 1. The molecule has 0 aromatic carbocycles. The van der Waals surface area contributed by atoms with Crippen molar-refractivity contribution in [3.8, 4) is 5.75 Å². The second kappa shape index (κ2) is 3.16. The normalized spacial score (nSPS) is 10.7. The standard InChI is InChI=1S/C7H5BrClN3O/c1-13-5-3-12-7(11-6(5)9)4(8)2-10-12/h2-3H,1H3. The SMILES string of the molecule is COc1cn2ncc(Br)c2nc1Cl. The van der Waals surface area contributed by atoms with Crippen LogP contribution < -0.4 is 4.74 Å². The summed E-state index contributed by atoms with van der Waals surface area (Å²) in [6, 6.07) is 0. The summed E-state index contributed by atoms with van der Waals surface area (Å²) in [5.74, 6) is 0.504. The van der Waals surface area contributed by atoms with Crippen molar-refractivity contribution in [3.05, 3.63) is 22.0 Å². The lowest BCUT2D eigenvalue weighted by atomic mass is 10.6. The predicted octanol–water partition coefficient (Wildman–Crippen LogP) is 2.15. The molecule has 2 aromatic heterocycles. The van der Waals surface area contributed by atoms with Crippen LogP contribution in [0, 0.1) is 0 Å². The first-order valence-electron chi connectivity index (χ1n) is 3.45. The molecule has 0 saturated carbocycles. The van der Waals surface area contributed by atoms with Crippen LogP contribution in [0.25, 0.3) is 5.65 Å². The van der Waals surface area contributed by atoms with Crippen molar-refractivity contribution in [1.82, 2.24) is 14.6 Å². The molecule has 13 heavy (non-hydrogen) atoms. The summed E-state index contributed by atoms with van der Waals surface area (Å²) >= 11 is 9.14. The maximum Gasteiger partial charge on any atom is 0.175 e. The van der Waals surface area contributed by atoms with Crippen LogP contribution in [0.2, 0.25) is 5.15 Å². The highest BCUT2D eigenvalue weighted by Gasteiger charge is 2.08. The van der Waals surface area contributed by atoms with Crippen LogP contribution in [0.4, 0.5) is 0 Å². The van der Waals surface area contributed by atoms with Crippen molar-refractivity contribution < 1.29 is 4.74 Å². The molecule has 6 heteroatoms. The van der Waals surface area contributed by atoms with E-state index in [1.807, 2.05) is 0 Å². The van der Waals surface area contributed by atoms with Crippen molar-refractivity contribution in [2.45, 2.75) is 0 Å². The molecule has 0 N–H and O–H groups in total. The number of rotatable bonds is 1. The summed E-state index contributed by atoms with van der Waals surface area (Å²) in [4.78, 5) is 4.10. The molecule has 0 fully saturated rings. The first-order valence-corrected chi connectivity index (χ1v) is 4.63. The number of halogens is 2. The van der Waals surface area contributed by atoms with E-state index < -0.39 is 0 Å². The van der Waals surface area contributed by atoms with Crippen LogP contribution in [-0.2, 0) is 0 Å². The van der Waals surface area contributed by atoms with Gasteiger partial charge in [0.25, 0.3) is 0 Å². The molecule has 0 unspecified atom stereocenters. The topological polar surface area (TPSA) is 39.4 Å². The van der Waals surface area contributed by atoms with Crippen molar-refractivity contribution in [2.75, 3.05) is 7.11 Å². The Kier molecular flexibility index (Phi) is 2.13. The van der Waals surface area contributed by atoms with E-state index in [4.69, 9.17) is 16.3 Å². The van der Waals surface area contributed by atoms with Crippen LogP contribution in [0.15, 0.2) is 16.9 Å². The zero-order valence-corrected chi connectivity index (χ0v) is 9.00. The minimum absolute atomic E-state index is 0.330. The Morgan fingerprint density at radius 1 is 1.62 bits per heavy atom. The molecule has 4 nitrogen and oxygen atoms in total. The van der Waals surface area contributed by atoms with Crippen molar-refractivity contribution in [3.63, 3.8) is 0 Å². The molecule has 0 saturated heterocycles. The number of hydrogen-bond donors (Lipinski definition) is 0. The maximum absolute atomic E-state index is 5.83. The smallest absolute Gasteiger partial charge is 0.175 e. The summed E-state index contributed by atoms with van der Waals surface area (Å²) in [6.07, 6.45) is 3.33. The molecule has 0 atom stereocenters. The van der Waals surface area contributed by atoms with Gasteiger partial charge in [0.1, 0.15) is 0 Å². The fourth-order valence-corrected chi connectivity index (χ4v) is 1.55. The van der Waals surface area contributed by atoms with Gasteiger partial charge in [0.15, 0.2) is 16.5 Å². The molecular weight excluding hydrogens is 257 g/mol. The molecule has 0 aliphatic heterocycles. The third-order valence-corrected chi connectivity index (χ3v) is 2.42. The zero-order valence-electron chi connectivity index (χ0n) is 6.66. The highest BCUT2D eigenvalue weighted by atomic mass is 79.9. The van der Waals surface area contributed by atoms with Gasteiger partial charge in [-0.3, -0.25) is 0 Å². The van der Waals surface area contributed by atoms with Crippen molar-refractivity contribution in [2.24, 2.45) is 0 Å². The summed E-state index contributed by atoms with van der Waals surface area (Å²) < 4.78 is 7.39. The molecule has 0 bridgehead atoms. The van der Waals surface area contributed by atoms with Gasteiger partial charge < -0.3 is 4.74 Å². The first kappa shape index (κ1) is 8.77. The molecule has 68 valence electrons. The van der Waals surface area contributed by atoms with E-state index in [2.05, 4.69) is 26.0 Å². The van der Waals surface area contributed by atoms with Gasteiger partial charge in [0.05, 0.1) is 24.0 Å². The van der Waals surface area contributed by atoms with Crippen LogP contribution in [-0.4, -0.2) is 21.7 Å². The lowest BCUT2D eigenvalue weighted by Crippen LogP contribution is -1.94. The minimum Gasteiger partial charge on any atom is -0.492 e. The Bertz CT molecular complexity index is 456. The maximum atomic E-state index is 5.83. The molecule has 2 heterocycles. The van der Waals surface area contributed by atoms with E-state index in [0.717, 1.165) is 4.47 Å². The van der Waals surface area contributed by atoms with Gasteiger partial charge in [0, 0.05) is 0 Å². The molecule has 0 radical (unpaired) electrons. The number of aromatic nitrogens is 3. The molecule has 2 aromatic rings. The first-order chi connectivity index (χ1) is 6.22. The lowest BCUT2D eigenvalue weighted by molar-refractivity contribution is 0.410. The van der Waals surface area contributed by atoms with Crippen LogP contribution in [0.3, 0.4) is 0 Å². The molecule has 0 amide bonds. The van der Waals surface area contributed by atoms with Crippen LogP contribution in [0.1, 0.15) is 0 Å². The Labute approximate surface area is 87.6 Å². The van der Waals surface area contributed by atoms with Gasteiger partial charge in [-0.05, 0) is 15.9 Å². The van der Waals surface area contributed by atoms with Crippen molar-refractivity contribution in [1.29, 1.82) is 0 Å². The average Bonchev–Trinajstić information content (AvgIpc) is 2.47. The fourth-order valence-electron chi connectivity index (χ4n) is 0.983. The highest BCUT2D eigenvalue weighted by Crippen LogP contribution is 2.24. The van der Waals surface area contributed by atoms with E-state index in [1.54, 1.807) is 16.9 Å². The average molecular weight is 262 g/mol. The van der Waals surface area contributed by atoms with Gasteiger partial charge in [-0.1, -0.05) is 11.6 Å². The molecule has 0 aliphatic rings. The monoisotopic (exact) mass is 261 g/mol. The second-order valence-corrected chi connectivity index (χ2v) is 3.57. The van der Waals surface area contributed by atoms with E-state index in [1.165, 1.54) is 7.11 Å². The Morgan fingerprint density at radius 2 is 2.38 bits per heavy atom. The number of nitrogens with zero attached hydrogens (tertiary/aromatic N) is 3. The molecular formula is C7H5BrClN3O. The minimum atomic E-state index is 0.330. The summed E-state index contributed by atoms with van der Waals surface area (Å²) in [7, 11) is 1.53. The summed E-state index contributed by atoms with van der Waals surface area (Å²) in [6.45, 7) is 0. The van der Waals surface area contributed by atoms with Gasteiger partial charge in [-0.15, -0.1) is 0 Å². The Morgan fingerprint density at radius 3 is 3.08 bits per heavy atom. The van der Waals surface area contributed by atoms with E-state index >= 15 is 0 Å². The Balaban J connectivity index is 2.76. The lowest BCUT2D eigenvalue weighted by Gasteiger charge is -2.01. The van der Waals surface area contributed by atoms with Gasteiger partial charge in [-0.2, -0.15) is 5.10 Å². The number of fused-ring (bicyclic) bond motifs is 1. The third-order valence-electron chi connectivity index (χ3n) is 1.59. The summed E-state index contributed by atoms with van der Waals surface area (Å²) in [5, 5.41) is 4.37. The summed E-state index contributed by atoms with van der Waals surface area (Å²) in [5.41, 5.74) is 0.672. The van der Waals surface area contributed by atoms with E-state index in [-0.39, 0.29) is 0 Å². The van der Waals surface area contributed by atoms with Gasteiger partial charge in [-0.25, -0.2) is 9.50 Å². The molecule has 0 spiro atoms. The number of hydrogen-bond acceptors (Lipinski definition) is 3. The van der Waals surface area contributed by atoms with Gasteiger partial charge >= 0.3 is 0 Å². The molecule has 0 aliphatic carbocycles. The fraction of sp³-hybridized carbons (Fsp3) is 0.143. The zero-order chi connectivity index (χ0) is 9.42. The van der Waals surface area contributed by atoms with E-state index in [9.17, 15) is 0 Å². The largest absolute Gasteiger partial charge is 0.492 e. The quantitative estimate of drug-likeness (QED) is 0.739. The van der Waals surface area contributed by atoms with Crippen LogP contribution >= 0.6 is 27.5 Å². The van der Waals surface area contributed by atoms with Crippen molar-refractivity contribution >= 4 is 33.2 Å². The van der Waals surface area contributed by atoms with Crippen LogP contribution in [0.5, 0.6) is 5.75 Å². The predicted molar refractivity (Wildman–Crippen MR) is 52.2 cm³/mol. The third kappa shape index (κ3) is 1.38. The number of ether oxygens (including phenoxy) is 1. The molecule has 2 rings (SSSR count). The second-order valence-electron chi connectivity index (χ2n) is 2.36.